The van der Waals surface area contributed by atoms with Gasteiger partial charge < -0.3 is 15.8 Å². The van der Waals surface area contributed by atoms with Crippen LogP contribution in [0.4, 0.5) is 0 Å². The molecule has 0 radical (unpaired) electrons. The van der Waals surface area contributed by atoms with Crippen LogP contribution in [0, 0.1) is 5.41 Å². The number of rotatable bonds is 6. The minimum Gasteiger partial charge on any atom is -0.380 e. The maximum absolute atomic E-state index is 12.1. The quantitative estimate of drug-likeness (QED) is 0.834. The molecule has 1 aliphatic rings. The molecule has 0 aliphatic carbocycles. The van der Waals surface area contributed by atoms with E-state index < -0.39 is 0 Å². The Morgan fingerprint density at radius 2 is 2.00 bits per heavy atom. The second-order valence-corrected chi connectivity index (χ2v) is 7.12. The van der Waals surface area contributed by atoms with Crippen LogP contribution >= 0.6 is 0 Å². The van der Waals surface area contributed by atoms with Crippen molar-refractivity contribution in [2.45, 2.75) is 39.5 Å². The van der Waals surface area contributed by atoms with Gasteiger partial charge in [0, 0.05) is 32.8 Å². The summed E-state index contributed by atoms with van der Waals surface area (Å²) in [6.07, 6.45) is 0.946. The SMILES string of the molecule is COCc1ccc(CNC(=O)CN2CCC(N)C(C)(C)C2)cc1. The largest absolute Gasteiger partial charge is 0.380 e. The van der Waals surface area contributed by atoms with Gasteiger partial charge in [0.15, 0.2) is 0 Å². The van der Waals surface area contributed by atoms with Crippen LogP contribution in [0.5, 0.6) is 0 Å². The molecule has 5 heteroatoms. The summed E-state index contributed by atoms with van der Waals surface area (Å²) in [4.78, 5) is 14.3. The molecule has 1 atom stereocenters. The van der Waals surface area contributed by atoms with Crippen molar-refractivity contribution in [3.63, 3.8) is 0 Å². The first kappa shape index (κ1) is 17.9. The van der Waals surface area contributed by atoms with E-state index in [9.17, 15) is 4.79 Å². The topological polar surface area (TPSA) is 67.6 Å². The number of ether oxygens (including phenoxy) is 1. The minimum atomic E-state index is 0.0652. The molecule has 0 bridgehead atoms. The first-order valence-electron chi connectivity index (χ1n) is 8.22. The first-order chi connectivity index (χ1) is 10.9. The Balaban J connectivity index is 1.77. The molecule has 1 unspecified atom stereocenters. The lowest BCUT2D eigenvalue weighted by molar-refractivity contribution is -0.123. The summed E-state index contributed by atoms with van der Waals surface area (Å²) in [7, 11) is 1.68. The van der Waals surface area contributed by atoms with E-state index in [0.717, 1.165) is 30.6 Å². The van der Waals surface area contributed by atoms with Crippen molar-refractivity contribution in [2.24, 2.45) is 11.1 Å². The van der Waals surface area contributed by atoms with Gasteiger partial charge >= 0.3 is 0 Å². The highest BCUT2D eigenvalue weighted by Gasteiger charge is 2.33. The summed E-state index contributed by atoms with van der Waals surface area (Å²) in [6.45, 7) is 7.71. The average Bonchev–Trinajstić information content (AvgIpc) is 2.50. The van der Waals surface area contributed by atoms with E-state index in [1.165, 1.54) is 0 Å². The highest BCUT2D eigenvalue weighted by atomic mass is 16.5. The number of carbonyl (C=O) groups is 1. The Morgan fingerprint density at radius 1 is 1.35 bits per heavy atom. The molecule has 128 valence electrons. The number of hydrogen-bond acceptors (Lipinski definition) is 4. The van der Waals surface area contributed by atoms with Crippen LogP contribution in [-0.2, 0) is 22.7 Å². The smallest absolute Gasteiger partial charge is 0.234 e. The van der Waals surface area contributed by atoms with Crippen molar-refractivity contribution >= 4 is 5.91 Å². The predicted molar refractivity (Wildman–Crippen MR) is 91.8 cm³/mol. The summed E-state index contributed by atoms with van der Waals surface area (Å²) < 4.78 is 5.09. The van der Waals surface area contributed by atoms with E-state index in [4.69, 9.17) is 10.5 Å². The average molecular weight is 319 g/mol. The summed E-state index contributed by atoms with van der Waals surface area (Å²) in [5.41, 5.74) is 8.43. The molecule has 23 heavy (non-hydrogen) atoms. The molecule has 5 nitrogen and oxygen atoms in total. The number of hydrogen-bond donors (Lipinski definition) is 2. The van der Waals surface area contributed by atoms with E-state index in [1.807, 2.05) is 24.3 Å². The Hall–Kier alpha value is -1.43. The lowest BCUT2D eigenvalue weighted by atomic mass is 9.80. The van der Waals surface area contributed by atoms with Crippen LogP contribution in [0.15, 0.2) is 24.3 Å². The number of amides is 1. The third-order valence-electron chi connectivity index (χ3n) is 4.58. The van der Waals surface area contributed by atoms with Crippen LogP contribution in [-0.4, -0.2) is 43.6 Å². The number of carbonyl (C=O) groups excluding carboxylic acids is 1. The number of piperidine rings is 1. The zero-order valence-corrected chi connectivity index (χ0v) is 14.5. The van der Waals surface area contributed by atoms with Gasteiger partial charge in [-0.1, -0.05) is 38.1 Å². The van der Waals surface area contributed by atoms with Crippen molar-refractivity contribution in [3.05, 3.63) is 35.4 Å². The number of nitrogens with two attached hydrogens (primary N) is 1. The van der Waals surface area contributed by atoms with Gasteiger partial charge in [0.2, 0.25) is 5.91 Å². The monoisotopic (exact) mass is 319 g/mol. The molecule has 1 heterocycles. The summed E-state index contributed by atoms with van der Waals surface area (Å²) >= 11 is 0. The molecular formula is C18H29N3O2. The molecule has 2 rings (SSSR count). The molecule has 1 amide bonds. The van der Waals surface area contributed by atoms with Gasteiger partial charge in [-0.3, -0.25) is 9.69 Å². The number of methoxy groups -OCH3 is 1. The Kier molecular flexibility index (Phi) is 6.16. The Morgan fingerprint density at radius 3 is 2.61 bits per heavy atom. The molecule has 1 fully saturated rings. The van der Waals surface area contributed by atoms with Gasteiger partial charge in [0.1, 0.15) is 0 Å². The number of nitrogens with one attached hydrogen (secondary N) is 1. The standard InChI is InChI=1S/C18H29N3O2/c1-18(2)13-21(9-8-16(18)19)11-17(22)20-10-14-4-6-15(7-5-14)12-23-3/h4-7,16H,8-13,19H2,1-3H3,(H,20,22). The molecule has 0 aromatic heterocycles. The fourth-order valence-corrected chi connectivity index (χ4v) is 3.00. The number of likely N-dealkylation sites (tertiary alicyclic amines) is 1. The van der Waals surface area contributed by atoms with Crippen LogP contribution in [0.2, 0.25) is 0 Å². The maximum atomic E-state index is 12.1. The maximum Gasteiger partial charge on any atom is 0.234 e. The second kappa shape index (κ2) is 7.90. The Labute approximate surface area is 139 Å². The van der Waals surface area contributed by atoms with Crippen LogP contribution in [0.3, 0.4) is 0 Å². The molecule has 1 aromatic rings. The normalized spacial score (nSPS) is 21.1. The van der Waals surface area contributed by atoms with Crippen molar-refractivity contribution in [1.29, 1.82) is 0 Å². The molecular weight excluding hydrogens is 290 g/mol. The molecule has 0 saturated carbocycles. The summed E-state index contributed by atoms with van der Waals surface area (Å²) in [5.74, 6) is 0.0669. The molecule has 0 spiro atoms. The highest BCUT2D eigenvalue weighted by molar-refractivity contribution is 5.78. The fourth-order valence-electron chi connectivity index (χ4n) is 3.00. The van der Waals surface area contributed by atoms with Crippen molar-refractivity contribution in [3.8, 4) is 0 Å². The zero-order chi connectivity index (χ0) is 16.9. The number of benzene rings is 1. The third kappa shape index (κ3) is 5.30. The summed E-state index contributed by atoms with van der Waals surface area (Å²) in [5, 5.41) is 2.99. The van der Waals surface area contributed by atoms with Gasteiger partial charge in [-0.25, -0.2) is 0 Å². The van der Waals surface area contributed by atoms with E-state index >= 15 is 0 Å². The fraction of sp³-hybridized carbons (Fsp3) is 0.611. The van der Waals surface area contributed by atoms with Crippen molar-refractivity contribution in [2.75, 3.05) is 26.7 Å². The summed E-state index contributed by atoms with van der Waals surface area (Å²) in [6, 6.07) is 8.32. The van der Waals surface area contributed by atoms with E-state index in [1.54, 1.807) is 7.11 Å². The Bertz CT molecular complexity index is 514. The van der Waals surface area contributed by atoms with Gasteiger partial charge in [-0.05, 0) is 23.0 Å². The minimum absolute atomic E-state index is 0.0652. The first-order valence-corrected chi connectivity index (χ1v) is 8.22. The van der Waals surface area contributed by atoms with Gasteiger partial charge in [-0.2, -0.15) is 0 Å². The van der Waals surface area contributed by atoms with E-state index in [0.29, 0.717) is 19.7 Å². The third-order valence-corrected chi connectivity index (χ3v) is 4.58. The van der Waals surface area contributed by atoms with Crippen LogP contribution in [0.1, 0.15) is 31.4 Å². The van der Waals surface area contributed by atoms with E-state index in [2.05, 4.69) is 24.1 Å². The van der Waals surface area contributed by atoms with Crippen LogP contribution in [0.25, 0.3) is 0 Å². The molecule has 3 N–H and O–H groups in total. The van der Waals surface area contributed by atoms with Crippen LogP contribution < -0.4 is 11.1 Å². The lowest BCUT2D eigenvalue weighted by Crippen LogP contribution is -2.54. The molecule has 1 aromatic carbocycles. The lowest BCUT2D eigenvalue weighted by Gasteiger charge is -2.42. The van der Waals surface area contributed by atoms with Gasteiger partial charge in [0.05, 0.1) is 13.2 Å². The highest BCUT2D eigenvalue weighted by Crippen LogP contribution is 2.27. The van der Waals surface area contributed by atoms with Gasteiger partial charge in [-0.15, -0.1) is 0 Å². The molecule has 1 saturated heterocycles. The van der Waals surface area contributed by atoms with Crippen molar-refractivity contribution < 1.29 is 9.53 Å². The zero-order valence-electron chi connectivity index (χ0n) is 14.5. The van der Waals surface area contributed by atoms with Crippen molar-refractivity contribution in [1.82, 2.24) is 10.2 Å². The number of nitrogens with zero attached hydrogens (tertiary/aromatic N) is 1. The van der Waals surface area contributed by atoms with E-state index in [-0.39, 0.29) is 17.4 Å². The predicted octanol–water partition coefficient (Wildman–Crippen LogP) is 1.51. The second-order valence-electron chi connectivity index (χ2n) is 7.12. The molecule has 1 aliphatic heterocycles. The van der Waals surface area contributed by atoms with Gasteiger partial charge in [0.25, 0.3) is 0 Å².